The summed E-state index contributed by atoms with van der Waals surface area (Å²) in [6.45, 7) is 12.5. The molecule has 1 nitrogen and oxygen atoms in total. The SMILES string of the molecule is CC(C)CCCCNC(C)c1ccc(CC(C)C)cc1. The van der Waals surface area contributed by atoms with Crippen LogP contribution in [0.1, 0.15) is 71.0 Å². The Morgan fingerprint density at radius 2 is 1.50 bits per heavy atom. The number of hydrogen-bond acceptors (Lipinski definition) is 1. The van der Waals surface area contributed by atoms with Gasteiger partial charge >= 0.3 is 0 Å². The normalized spacial score (nSPS) is 13.2. The van der Waals surface area contributed by atoms with Crippen molar-refractivity contribution < 1.29 is 0 Å². The molecule has 0 saturated heterocycles. The molecular weight excluding hydrogens is 242 g/mol. The van der Waals surface area contributed by atoms with E-state index in [0.717, 1.165) is 18.4 Å². The smallest absolute Gasteiger partial charge is 0.0291 e. The molecule has 0 amide bonds. The molecule has 1 rings (SSSR count). The molecule has 1 atom stereocenters. The highest BCUT2D eigenvalue weighted by Crippen LogP contribution is 2.15. The van der Waals surface area contributed by atoms with Gasteiger partial charge in [-0.2, -0.15) is 0 Å². The molecule has 0 aliphatic heterocycles. The first-order valence-electron chi connectivity index (χ1n) is 8.31. The van der Waals surface area contributed by atoms with Gasteiger partial charge in [-0.15, -0.1) is 0 Å². The van der Waals surface area contributed by atoms with E-state index in [1.165, 1.54) is 36.8 Å². The Hall–Kier alpha value is -0.820. The van der Waals surface area contributed by atoms with Crippen LogP contribution >= 0.6 is 0 Å². The predicted octanol–water partition coefficient (Wildman–Crippen LogP) is 5.36. The minimum Gasteiger partial charge on any atom is -0.310 e. The molecule has 1 aromatic carbocycles. The molecule has 1 heteroatoms. The Morgan fingerprint density at radius 3 is 2.05 bits per heavy atom. The lowest BCUT2D eigenvalue weighted by molar-refractivity contribution is 0.498. The van der Waals surface area contributed by atoms with Gasteiger partial charge in [-0.05, 0) is 49.3 Å². The first-order valence-corrected chi connectivity index (χ1v) is 8.31. The standard InChI is InChI=1S/C19H33N/c1-15(2)8-6-7-13-20-17(5)19-11-9-18(10-12-19)14-16(3)4/h9-12,15-17,20H,6-8,13-14H2,1-5H3. The Labute approximate surface area is 126 Å². The van der Waals surface area contributed by atoms with Crippen LogP contribution in [0, 0.1) is 11.8 Å². The van der Waals surface area contributed by atoms with Crippen molar-refractivity contribution in [3.8, 4) is 0 Å². The second-order valence-electron chi connectivity index (χ2n) is 6.90. The maximum Gasteiger partial charge on any atom is 0.0291 e. The van der Waals surface area contributed by atoms with Gasteiger partial charge in [0.25, 0.3) is 0 Å². The lowest BCUT2D eigenvalue weighted by atomic mass is 10.00. The first kappa shape index (κ1) is 17.2. The molecule has 0 fully saturated rings. The second-order valence-corrected chi connectivity index (χ2v) is 6.90. The summed E-state index contributed by atoms with van der Waals surface area (Å²) in [6.07, 6.45) is 5.15. The van der Waals surface area contributed by atoms with E-state index < -0.39 is 0 Å². The molecule has 0 spiro atoms. The van der Waals surface area contributed by atoms with E-state index in [1.54, 1.807) is 0 Å². The van der Waals surface area contributed by atoms with E-state index in [1.807, 2.05) is 0 Å². The zero-order chi connectivity index (χ0) is 15.0. The number of unbranched alkanes of at least 4 members (excludes halogenated alkanes) is 1. The third-order valence-corrected chi connectivity index (χ3v) is 3.78. The highest BCUT2D eigenvalue weighted by molar-refractivity contribution is 5.25. The number of nitrogens with one attached hydrogen (secondary N) is 1. The van der Waals surface area contributed by atoms with E-state index in [9.17, 15) is 0 Å². The van der Waals surface area contributed by atoms with Gasteiger partial charge < -0.3 is 5.32 Å². The fraction of sp³-hybridized carbons (Fsp3) is 0.684. The summed E-state index contributed by atoms with van der Waals surface area (Å²) in [4.78, 5) is 0. The predicted molar refractivity (Wildman–Crippen MR) is 90.1 cm³/mol. The highest BCUT2D eigenvalue weighted by atomic mass is 14.9. The molecule has 0 aromatic heterocycles. The molecule has 1 unspecified atom stereocenters. The summed E-state index contributed by atoms with van der Waals surface area (Å²) in [6, 6.07) is 9.59. The van der Waals surface area contributed by atoms with Crippen molar-refractivity contribution in [2.75, 3.05) is 6.54 Å². The van der Waals surface area contributed by atoms with Crippen LogP contribution < -0.4 is 5.32 Å². The Morgan fingerprint density at radius 1 is 0.850 bits per heavy atom. The lowest BCUT2D eigenvalue weighted by Crippen LogP contribution is -2.19. The third-order valence-electron chi connectivity index (χ3n) is 3.78. The molecule has 0 saturated carbocycles. The van der Waals surface area contributed by atoms with Crippen molar-refractivity contribution in [2.24, 2.45) is 11.8 Å². The molecule has 1 N–H and O–H groups in total. The fourth-order valence-corrected chi connectivity index (χ4v) is 2.53. The maximum absolute atomic E-state index is 3.63. The van der Waals surface area contributed by atoms with Crippen LogP contribution in [0.4, 0.5) is 0 Å². The van der Waals surface area contributed by atoms with E-state index in [4.69, 9.17) is 0 Å². The van der Waals surface area contributed by atoms with E-state index >= 15 is 0 Å². The molecule has 0 radical (unpaired) electrons. The van der Waals surface area contributed by atoms with Gasteiger partial charge in [0.05, 0.1) is 0 Å². The van der Waals surface area contributed by atoms with Gasteiger partial charge in [-0.1, -0.05) is 64.8 Å². The molecule has 20 heavy (non-hydrogen) atoms. The van der Waals surface area contributed by atoms with Crippen LogP contribution in [0.15, 0.2) is 24.3 Å². The van der Waals surface area contributed by atoms with E-state index in [-0.39, 0.29) is 0 Å². The zero-order valence-corrected chi connectivity index (χ0v) is 14.1. The van der Waals surface area contributed by atoms with Crippen LogP contribution in [-0.2, 0) is 6.42 Å². The molecule has 0 heterocycles. The summed E-state index contributed by atoms with van der Waals surface area (Å²) >= 11 is 0. The van der Waals surface area contributed by atoms with Gasteiger partial charge in [0.15, 0.2) is 0 Å². The highest BCUT2D eigenvalue weighted by Gasteiger charge is 2.05. The Kier molecular flexibility index (Phi) is 7.91. The summed E-state index contributed by atoms with van der Waals surface area (Å²) in [7, 11) is 0. The minimum atomic E-state index is 0.460. The minimum absolute atomic E-state index is 0.460. The second kappa shape index (κ2) is 9.18. The largest absolute Gasteiger partial charge is 0.310 e. The monoisotopic (exact) mass is 275 g/mol. The molecule has 0 aliphatic carbocycles. The van der Waals surface area contributed by atoms with Crippen LogP contribution in [0.5, 0.6) is 0 Å². The molecule has 114 valence electrons. The van der Waals surface area contributed by atoms with Crippen LogP contribution in [0.2, 0.25) is 0 Å². The van der Waals surface area contributed by atoms with Crippen LogP contribution in [0.25, 0.3) is 0 Å². The molecule has 0 aliphatic rings. The van der Waals surface area contributed by atoms with E-state index in [2.05, 4.69) is 64.2 Å². The number of hydrogen-bond donors (Lipinski definition) is 1. The Bertz CT molecular complexity index is 351. The van der Waals surface area contributed by atoms with Crippen molar-refractivity contribution in [3.63, 3.8) is 0 Å². The van der Waals surface area contributed by atoms with Gasteiger partial charge in [-0.25, -0.2) is 0 Å². The third kappa shape index (κ3) is 7.09. The van der Waals surface area contributed by atoms with E-state index in [0.29, 0.717) is 6.04 Å². The summed E-state index contributed by atoms with van der Waals surface area (Å²) in [5.41, 5.74) is 2.86. The summed E-state index contributed by atoms with van der Waals surface area (Å²) in [5.74, 6) is 1.57. The first-order chi connectivity index (χ1) is 9.49. The van der Waals surface area contributed by atoms with Crippen LogP contribution in [0.3, 0.4) is 0 Å². The van der Waals surface area contributed by atoms with Crippen molar-refractivity contribution in [3.05, 3.63) is 35.4 Å². The molecular formula is C19H33N. The van der Waals surface area contributed by atoms with Crippen molar-refractivity contribution in [2.45, 2.75) is 66.3 Å². The van der Waals surface area contributed by atoms with Crippen molar-refractivity contribution in [1.82, 2.24) is 5.32 Å². The van der Waals surface area contributed by atoms with Crippen molar-refractivity contribution >= 4 is 0 Å². The van der Waals surface area contributed by atoms with Gasteiger partial charge in [-0.3, -0.25) is 0 Å². The number of benzene rings is 1. The molecule has 0 bridgehead atoms. The van der Waals surface area contributed by atoms with Gasteiger partial charge in [0, 0.05) is 6.04 Å². The topological polar surface area (TPSA) is 12.0 Å². The fourth-order valence-electron chi connectivity index (χ4n) is 2.53. The average molecular weight is 275 g/mol. The maximum atomic E-state index is 3.63. The number of rotatable bonds is 9. The quantitative estimate of drug-likeness (QED) is 0.598. The van der Waals surface area contributed by atoms with Gasteiger partial charge in [0.1, 0.15) is 0 Å². The lowest BCUT2D eigenvalue weighted by Gasteiger charge is -2.15. The van der Waals surface area contributed by atoms with Crippen molar-refractivity contribution in [1.29, 1.82) is 0 Å². The summed E-state index contributed by atoms with van der Waals surface area (Å²) < 4.78 is 0. The molecule has 1 aromatic rings. The van der Waals surface area contributed by atoms with Crippen LogP contribution in [-0.4, -0.2) is 6.54 Å². The Balaban J connectivity index is 2.30. The average Bonchev–Trinajstić information content (AvgIpc) is 2.38. The zero-order valence-electron chi connectivity index (χ0n) is 14.1. The van der Waals surface area contributed by atoms with Gasteiger partial charge in [0.2, 0.25) is 0 Å². The summed E-state index contributed by atoms with van der Waals surface area (Å²) in [5, 5.41) is 3.63.